The first-order chi connectivity index (χ1) is 8.15. The van der Waals surface area contributed by atoms with Crippen LogP contribution in [0.5, 0.6) is 0 Å². The molecule has 1 aliphatic heterocycles. The average Bonchev–Trinajstić information content (AvgIpc) is 2.56. The molecule has 102 valence electrons. The number of carbonyl (C=O) groups is 2. The number of hydrogen-bond donors (Lipinski definition) is 1. The van der Waals surface area contributed by atoms with Gasteiger partial charge in [-0.1, -0.05) is 6.92 Å². The van der Waals surface area contributed by atoms with Gasteiger partial charge in [-0.15, -0.1) is 0 Å². The monoisotopic (exact) mass is 265 g/mol. The molecule has 0 aromatic rings. The Morgan fingerprint density at radius 1 is 1.33 bits per heavy atom. The minimum atomic E-state index is -2.88. The summed E-state index contributed by atoms with van der Waals surface area (Å²) in [6.45, 7) is 1.05. The number of carboxylic acid groups (broad SMARTS) is 1. The van der Waals surface area contributed by atoms with E-state index >= 15 is 0 Å². The number of amides is 1. The summed E-state index contributed by atoms with van der Waals surface area (Å²) in [4.78, 5) is 23.9. The number of aliphatic carboxylic acids is 1. The van der Waals surface area contributed by atoms with Crippen molar-refractivity contribution >= 4 is 11.9 Å². The largest absolute Gasteiger partial charge is 0.480 e. The van der Waals surface area contributed by atoms with E-state index in [1.165, 1.54) is 6.92 Å². The lowest BCUT2D eigenvalue weighted by Crippen LogP contribution is -2.56. The van der Waals surface area contributed by atoms with Crippen molar-refractivity contribution in [1.29, 1.82) is 0 Å². The lowest BCUT2D eigenvalue weighted by atomic mass is 9.66. The number of alkyl halides is 3. The van der Waals surface area contributed by atoms with Crippen LogP contribution in [0.1, 0.15) is 26.2 Å². The van der Waals surface area contributed by atoms with Crippen molar-refractivity contribution in [3.8, 4) is 0 Å². The molecule has 1 amide bonds. The Morgan fingerprint density at radius 3 is 2.33 bits per heavy atom. The van der Waals surface area contributed by atoms with Crippen LogP contribution in [0, 0.1) is 5.41 Å². The smallest absolute Gasteiger partial charge is 0.326 e. The highest BCUT2D eigenvalue weighted by atomic mass is 19.3. The molecule has 2 atom stereocenters. The van der Waals surface area contributed by atoms with Crippen molar-refractivity contribution in [2.75, 3.05) is 6.54 Å². The van der Waals surface area contributed by atoms with Crippen LogP contribution in [0.25, 0.3) is 0 Å². The van der Waals surface area contributed by atoms with Gasteiger partial charge in [0.25, 0.3) is 0 Å². The Kier molecular flexibility index (Phi) is 2.82. The number of likely N-dealkylation sites (tertiary alicyclic amines) is 1. The predicted molar refractivity (Wildman–Crippen MR) is 54.9 cm³/mol. The first-order valence-electron chi connectivity index (χ1n) is 5.70. The van der Waals surface area contributed by atoms with E-state index in [1.807, 2.05) is 0 Å². The van der Waals surface area contributed by atoms with Crippen LogP contribution < -0.4 is 0 Å². The normalized spacial score (nSPS) is 33.0. The Hall–Kier alpha value is -1.27. The molecule has 2 fully saturated rings. The summed E-state index contributed by atoms with van der Waals surface area (Å²) < 4.78 is 38.9. The van der Waals surface area contributed by atoms with Gasteiger partial charge >= 0.3 is 5.97 Å². The van der Waals surface area contributed by atoms with Crippen LogP contribution >= 0.6 is 0 Å². The van der Waals surface area contributed by atoms with Crippen LogP contribution in [0.4, 0.5) is 13.2 Å². The molecule has 0 aromatic carbocycles. The molecule has 1 aliphatic carbocycles. The van der Waals surface area contributed by atoms with Crippen LogP contribution in [-0.2, 0) is 9.59 Å². The first kappa shape index (κ1) is 13.2. The molecule has 2 rings (SSSR count). The summed E-state index contributed by atoms with van der Waals surface area (Å²) in [5, 5.41) is 8.90. The topological polar surface area (TPSA) is 57.6 Å². The van der Waals surface area contributed by atoms with Gasteiger partial charge in [-0.05, 0) is 0 Å². The molecule has 2 aliphatic rings. The summed E-state index contributed by atoms with van der Waals surface area (Å²) in [5.41, 5.74) is -1.26. The molecule has 0 unspecified atom stereocenters. The SMILES string of the molecule is CC1(C(=O)N2C[C@H](F)C[C@H]2C(=O)O)CC(F)(F)C1. The lowest BCUT2D eigenvalue weighted by molar-refractivity contribution is -0.185. The number of carbonyl (C=O) groups excluding carboxylic acids is 1. The lowest BCUT2D eigenvalue weighted by Gasteiger charge is -2.45. The van der Waals surface area contributed by atoms with Crippen molar-refractivity contribution in [3.63, 3.8) is 0 Å². The number of nitrogens with zero attached hydrogens (tertiary/aromatic N) is 1. The fourth-order valence-electron chi connectivity index (χ4n) is 2.83. The molecule has 0 spiro atoms. The van der Waals surface area contributed by atoms with E-state index in [0.29, 0.717) is 0 Å². The molecule has 0 radical (unpaired) electrons. The second-order valence-corrected chi connectivity index (χ2v) is 5.41. The number of hydrogen-bond acceptors (Lipinski definition) is 2. The molecular formula is C11H14F3NO3. The van der Waals surface area contributed by atoms with Gasteiger partial charge < -0.3 is 10.0 Å². The second-order valence-electron chi connectivity index (χ2n) is 5.41. The highest BCUT2D eigenvalue weighted by Crippen LogP contribution is 2.53. The third-order valence-corrected chi connectivity index (χ3v) is 3.61. The summed E-state index contributed by atoms with van der Waals surface area (Å²) in [6.07, 6.45) is -2.87. The molecule has 1 N–H and O–H groups in total. The van der Waals surface area contributed by atoms with Crippen molar-refractivity contribution in [2.45, 2.75) is 44.3 Å². The van der Waals surface area contributed by atoms with Crippen LogP contribution in [0.3, 0.4) is 0 Å². The molecule has 1 saturated carbocycles. The maximum atomic E-state index is 13.2. The van der Waals surface area contributed by atoms with E-state index in [0.717, 1.165) is 4.90 Å². The van der Waals surface area contributed by atoms with Gasteiger partial charge in [0, 0.05) is 19.3 Å². The van der Waals surface area contributed by atoms with E-state index in [4.69, 9.17) is 5.11 Å². The van der Waals surface area contributed by atoms with Crippen LogP contribution in [0.2, 0.25) is 0 Å². The third-order valence-electron chi connectivity index (χ3n) is 3.61. The zero-order valence-corrected chi connectivity index (χ0v) is 9.83. The number of rotatable bonds is 2. The molecule has 18 heavy (non-hydrogen) atoms. The van der Waals surface area contributed by atoms with Crippen LogP contribution in [-0.4, -0.2) is 46.6 Å². The van der Waals surface area contributed by atoms with Crippen LogP contribution in [0.15, 0.2) is 0 Å². The Bertz CT molecular complexity index is 391. The van der Waals surface area contributed by atoms with E-state index in [-0.39, 0.29) is 13.0 Å². The average molecular weight is 265 g/mol. The van der Waals surface area contributed by atoms with Gasteiger partial charge in [0.1, 0.15) is 12.2 Å². The van der Waals surface area contributed by atoms with Crippen molar-refractivity contribution in [3.05, 3.63) is 0 Å². The minimum absolute atomic E-state index is 0.270. The maximum Gasteiger partial charge on any atom is 0.326 e. The molecule has 0 bridgehead atoms. The molecule has 1 saturated heterocycles. The van der Waals surface area contributed by atoms with E-state index in [1.54, 1.807) is 0 Å². The van der Waals surface area contributed by atoms with Gasteiger partial charge in [-0.3, -0.25) is 4.79 Å². The van der Waals surface area contributed by atoms with E-state index < -0.39 is 48.3 Å². The molecular weight excluding hydrogens is 251 g/mol. The zero-order chi connectivity index (χ0) is 13.7. The Morgan fingerprint density at radius 2 is 1.89 bits per heavy atom. The molecule has 7 heteroatoms. The highest BCUT2D eigenvalue weighted by molar-refractivity contribution is 5.88. The van der Waals surface area contributed by atoms with Gasteiger partial charge in [0.2, 0.25) is 11.8 Å². The van der Waals surface area contributed by atoms with Gasteiger partial charge in [0.15, 0.2) is 0 Å². The maximum absolute atomic E-state index is 13.2. The van der Waals surface area contributed by atoms with Crippen molar-refractivity contribution in [1.82, 2.24) is 4.90 Å². The standard InChI is InChI=1S/C11H14F3NO3/c1-10(4-11(13,14)5-10)9(18)15-3-6(12)2-7(15)8(16)17/h6-7H,2-5H2,1H3,(H,16,17)/t6-,7+/m1/s1. The highest BCUT2D eigenvalue weighted by Gasteiger charge is 2.60. The van der Waals surface area contributed by atoms with E-state index in [9.17, 15) is 22.8 Å². The summed E-state index contributed by atoms with van der Waals surface area (Å²) >= 11 is 0. The second kappa shape index (κ2) is 3.86. The zero-order valence-electron chi connectivity index (χ0n) is 9.83. The minimum Gasteiger partial charge on any atom is -0.480 e. The van der Waals surface area contributed by atoms with Gasteiger partial charge in [0.05, 0.1) is 12.0 Å². The third kappa shape index (κ3) is 2.06. The fraction of sp³-hybridized carbons (Fsp3) is 0.818. The molecule has 4 nitrogen and oxygen atoms in total. The van der Waals surface area contributed by atoms with Gasteiger partial charge in [-0.25, -0.2) is 18.0 Å². The Labute approximate surface area is 102 Å². The summed E-state index contributed by atoms with van der Waals surface area (Å²) in [6, 6.07) is -1.24. The molecule has 0 aromatic heterocycles. The van der Waals surface area contributed by atoms with Crippen molar-refractivity contribution < 1.29 is 27.9 Å². The first-order valence-corrected chi connectivity index (χ1v) is 5.70. The quantitative estimate of drug-likeness (QED) is 0.822. The number of carboxylic acids is 1. The van der Waals surface area contributed by atoms with Gasteiger partial charge in [-0.2, -0.15) is 0 Å². The summed E-state index contributed by atoms with van der Waals surface area (Å²) in [7, 11) is 0. The van der Waals surface area contributed by atoms with Crippen molar-refractivity contribution in [2.24, 2.45) is 5.41 Å². The Balaban J connectivity index is 2.12. The molecule has 1 heterocycles. The number of halogens is 3. The summed E-state index contributed by atoms with van der Waals surface area (Å²) in [5.74, 6) is -4.85. The predicted octanol–water partition coefficient (Wildman–Crippen LogP) is 1.45. The van der Waals surface area contributed by atoms with E-state index in [2.05, 4.69) is 0 Å². The fourth-order valence-corrected chi connectivity index (χ4v) is 2.83.